The molecule has 0 aliphatic rings. The Labute approximate surface area is 127 Å². The molecule has 0 radical (unpaired) electrons. The van der Waals surface area contributed by atoms with Crippen molar-refractivity contribution in [2.24, 2.45) is 0 Å². The molecule has 0 fully saturated rings. The van der Waals surface area contributed by atoms with E-state index in [2.05, 4.69) is 11.9 Å². The average Bonchev–Trinajstić information content (AvgIpc) is 2.54. The number of hydrogen-bond acceptors (Lipinski definition) is 8. The van der Waals surface area contributed by atoms with Crippen LogP contribution in [0.25, 0.3) is 0 Å². The van der Waals surface area contributed by atoms with Gasteiger partial charge in [0, 0.05) is 13.0 Å². The first kappa shape index (κ1) is 20.6. The summed E-state index contributed by atoms with van der Waals surface area (Å²) in [5, 5.41) is 48.6. The molecule has 0 spiro atoms. The number of carbonyl (C=O) groups excluding carboxylic acids is 2. The molecule has 1 amide bonds. The third kappa shape index (κ3) is 7.59. The molecule has 4 atom stereocenters. The van der Waals surface area contributed by atoms with Crippen LogP contribution in [-0.4, -0.2) is 88.0 Å². The van der Waals surface area contributed by atoms with Crippen molar-refractivity contribution in [1.82, 2.24) is 5.32 Å². The predicted molar refractivity (Wildman–Crippen MR) is 74.8 cm³/mol. The van der Waals surface area contributed by atoms with E-state index in [1.165, 1.54) is 0 Å². The first-order valence-electron chi connectivity index (χ1n) is 6.69. The minimum Gasteiger partial charge on any atom is -0.394 e. The fraction of sp³-hybridized carbons (Fsp3) is 0.692. The smallest absolute Gasteiger partial charge is 0.243 e. The van der Waals surface area contributed by atoms with Crippen LogP contribution in [-0.2, 0) is 14.3 Å². The van der Waals surface area contributed by atoms with E-state index in [0.717, 1.165) is 6.08 Å². The highest BCUT2D eigenvalue weighted by molar-refractivity contribution is 5.86. The van der Waals surface area contributed by atoms with Crippen LogP contribution in [0.15, 0.2) is 12.7 Å². The summed E-state index contributed by atoms with van der Waals surface area (Å²) in [5.74, 6) is -1.14. The van der Waals surface area contributed by atoms with E-state index in [1.807, 2.05) is 0 Å². The lowest BCUT2D eigenvalue weighted by atomic mass is 9.99. The summed E-state index contributed by atoms with van der Waals surface area (Å²) in [7, 11) is 0. The van der Waals surface area contributed by atoms with Gasteiger partial charge >= 0.3 is 0 Å². The van der Waals surface area contributed by atoms with E-state index in [1.54, 1.807) is 0 Å². The molecule has 0 aromatic rings. The Kier molecular flexibility index (Phi) is 10.5. The molecule has 0 unspecified atom stereocenters. The van der Waals surface area contributed by atoms with Crippen LogP contribution in [0.1, 0.15) is 6.42 Å². The highest BCUT2D eigenvalue weighted by atomic mass is 16.5. The Morgan fingerprint density at radius 1 is 1.14 bits per heavy atom. The summed E-state index contributed by atoms with van der Waals surface area (Å²) < 4.78 is 5.04. The monoisotopic (exact) mass is 321 g/mol. The van der Waals surface area contributed by atoms with E-state index in [4.69, 9.17) is 14.9 Å². The Hall–Kier alpha value is -1.36. The highest BCUT2D eigenvalue weighted by Gasteiger charge is 2.33. The molecular weight excluding hydrogens is 298 g/mol. The molecule has 0 aliphatic carbocycles. The van der Waals surface area contributed by atoms with Crippen LogP contribution in [0.5, 0.6) is 0 Å². The molecule has 0 saturated carbocycles. The molecule has 128 valence electrons. The number of rotatable bonds is 12. The Morgan fingerprint density at radius 3 is 2.32 bits per heavy atom. The minimum absolute atomic E-state index is 0.0504. The summed E-state index contributed by atoms with van der Waals surface area (Å²) >= 11 is 0. The second kappa shape index (κ2) is 11.2. The molecule has 0 aromatic carbocycles. The highest BCUT2D eigenvalue weighted by Crippen LogP contribution is 2.07. The first-order chi connectivity index (χ1) is 10.3. The molecule has 0 aliphatic heterocycles. The van der Waals surface area contributed by atoms with Crippen LogP contribution in [0.2, 0.25) is 0 Å². The number of amides is 1. The van der Waals surface area contributed by atoms with Gasteiger partial charge in [-0.05, 0) is 6.08 Å². The molecule has 0 aromatic heterocycles. The number of aliphatic hydroxyl groups is 5. The number of Topliss-reactive ketones (excluding diaryl/α,β-unsaturated/α-hetero) is 1. The lowest BCUT2D eigenvalue weighted by molar-refractivity contribution is -0.147. The second-order valence-electron chi connectivity index (χ2n) is 4.50. The first-order valence-corrected chi connectivity index (χ1v) is 6.69. The summed E-state index contributed by atoms with van der Waals surface area (Å²) in [6, 6.07) is 0. The normalized spacial score (nSPS) is 16.4. The molecule has 6 N–H and O–H groups in total. The number of hydrogen-bond donors (Lipinski definition) is 6. The maximum Gasteiger partial charge on any atom is 0.243 e. The summed E-state index contributed by atoms with van der Waals surface area (Å²) in [6.45, 7) is 2.77. The van der Waals surface area contributed by atoms with Crippen molar-refractivity contribution in [2.75, 3.05) is 26.4 Å². The van der Waals surface area contributed by atoms with Gasteiger partial charge in [0.05, 0.1) is 19.8 Å². The maximum absolute atomic E-state index is 11.6. The Balaban J connectivity index is 3.96. The van der Waals surface area contributed by atoms with Crippen molar-refractivity contribution >= 4 is 11.7 Å². The predicted octanol–water partition coefficient (Wildman–Crippen LogP) is -3.30. The van der Waals surface area contributed by atoms with Crippen molar-refractivity contribution < 1.29 is 39.9 Å². The molecule has 9 nitrogen and oxygen atoms in total. The van der Waals surface area contributed by atoms with Gasteiger partial charge in [-0.25, -0.2) is 0 Å². The van der Waals surface area contributed by atoms with Crippen LogP contribution >= 0.6 is 0 Å². The number of ether oxygens (including phenoxy) is 1. The van der Waals surface area contributed by atoms with Crippen molar-refractivity contribution in [3.05, 3.63) is 12.7 Å². The molecule has 0 rings (SSSR count). The van der Waals surface area contributed by atoms with Crippen molar-refractivity contribution in [3.63, 3.8) is 0 Å². The van der Waals surface area contributed by atoms with Crippen LogP contribution in [0.4, 0.5) is 0 Å². The van der Waals surface area contributed by atoms with Gasteiger partial charge in [-0.1, -0.05) is 6.58 Å². The van der Waals surface area contributed by atoms with Gasteiger partial charge < -0.3 is 35.6 Å². The number of carbonyl (C=O) groups is 2. The van der Waals surface area contributed by atoms with Gasteiger partial charge in [0.2, 0.25) is 5.91 Å². The average molecular weight is 321 g/mol. The van der Waals surface area contributed by atoms with Crippen LogP contribution in [0, 0.1) is 0 Å². The molecule has 0 heterocycles. The standard InChI is InChI=1S/C13H23NO8/c1-2-10(18)14-4-6-22-5-3-8(16)11(19)13(21)12(20)9(17)7-15/h2,9,11-13,15,17,19-21H,1,3-7H2,(H,14,18)/t9-,11+,12-,13-/m1/s1. The third-order valence-electron chi connectivity index (χ3n) is 2.81. The summed E-state index contributed by atoms with van der Waals surface area (Å²) in [6.07, 6.45) is -6.45. The van der Waals surface area contributed by atoms with Crippen LogP contribution < -0.4 is 5.32 Å². The van der Waals surface area contributed by atoms with E-state index >= 15 is 0 Å². The number of aliphatic hydroxyl groups excluding tert-OH is 5. The minimum atomic E-state index is -1.92. The fourth-order valence-electron chi connectivity index (χ4n) is 1.45. The Bertz CT molecular complexity index is 362. The van der Waals surface area contributed by atoms with E-state index in [-0.39, 0.29) is 32.1 Å². The van der Waals surface area contributed by atoms with Gasteiger partial charge in [-0.15, -0.1) is 0 Å². The Morgan fingerprint density at radius 2 is 1.77 bits per heavy atom. The van der Waals surface area contributed by atoms with Gasteiger partial charge in [0.15, 0.2) is 5.78 Å². The van der Waals surface area contributed by atoms with Crippen molar-refractivity contribution in [1.29, 1.82) is 0 Å². The van der Waals surface area contributed by atoms with Crippen LogP contribution in [0.3, 0.4) is 0 Å². The van der Waals surface area contributed by atoms with Gasteiger partial charge in [-0.2, -0.15) is 0 Å². The lowest BCUT2D eigenvalue weighted by Gasteiger charge is -2.24. The molecule has 0 saturated heterocycles. The van der Waals surface area contributed by atoms with Gasteiger partial charge in [0.1, 0.15) is 24.4 Å². The second-order valence-corrected chi connectivity index (χ2v) is 4.50. The van der Waals surface area contributed by atoms with Gasteiger partial charge in [0.25, 0.3) is 0 Å². The summed E-state index contributed by atoms with van der Waals surface area (Å²) in [5.41, 5.74) is 0. The molecule has 0 bridgehead atoms. The van der Waals surface area contributed by atoms with E-state index in [0.29, 0.717) is 0 Å². The molecule has 22 heavy (non-hydrogen) atoms. The van der Waals surface area contributed by atoms with Gasteiger partial charge in [-0.3, -0.25) is 9.59 Å². The fourth-order valence-corrected chi connectivity index (χ4v) is 1.45. The zero-order chi connectivity index (χ0) is 17.1. The zero-order valence-corrected chi connectivity index (χ0v) is 12.1. The van der Waals surface area contributed by atoms with Crippen molar-refractivity contribution in [2.45, 2.75) is 30.8 Å². The molecule has 9 heteroatoms. The van der Waals surface area contributed by atoms with Crippen molar-refractivity contribution in [3.8, 4) is 0 Å². The third-order valence-corrected chi connectivity index (χ3v) is 2.81. The quantitative estimate of drug-likeness (QED) is 0.161. The number of nitrogens with one attached hydrogen (secondary N) is 1. The SMILES string of the molecule is C=CC(=O)NCCOCCC(=O)[C@H](O)[C@@H](O)[C@H](O)[C@H](O)CO. The largest absolute Gasteiger partial charge is 0.394 e. The van der Waals surface area contributed by atoms with E-state index in [9.17, 15) is 24.9 Å². The number of ketones is 1. The zero-order valence-electron chi connectivity index (χ0n) is 12.1. The topological polar surface area (TPSA) is 157 Å². The van der Waals surface area contributed by atoms with E-state index < -0.39 is 36.8 Å². The summed E-state index contributed by atoms with van der Waals surface area (Å²) in [4.78, 5) is 22.4. The molecular formula is C13H23NO8. The lowest BCUT2D eigenvalue weighted by Crippen LogP contribution is -2.48. The maximum atomic E-state index is 11.6.